The molecule has 0 unspecified atom stereocenters. The average molecular weight is 255 g/mol. The minimum absolute atomic E-state index is 0.186. The fourth-order valence-electron chi connectivity index (χ4n) is 3.19. The zero-order valence-corrected chi connectivity index (χ0v) is 13.2. The normalized spacial score (nSPS) is 23.2. The first kappa shape index (κ1) is 16.0. The molecule has 18 heavy (non-hydrogen) atoms. The van der Waals surface area contributed by atoms with E-state index < -0.39 is 0 Å². The monoisotopic (exact) mass is 255 g/mol. The zero-order chi connectivity index (χ0) is 13.6. The minimum atomic E-state index is 0.186. The van der Waals surface area contributed by atoms with Crippen molar-refractivity contribution in [2.45, 2.75) is 97.1 Å². The van der Waals surface area contributed by atoms with Crippen LogP contribution in [-0.4, -0.2) is 22.7 Å². The van der Waals surface area contributed by atoms with Gasteiger partial charge in [0.2, 0.25) is 0 Å². The molecule has 2 nitrogen and oxygen atoms in total. The van der Waals surface area contributed by atoms with Crippen molar-refractivity contribution in [2.75, 3.05) is 6.61 Å². The summed E-state index contributed by atoms with van der Waals surface area (Å²) in [7, 11) is 0. The van der Waals surface area contributed by atoms with Gasteiger partial charge in [-0.15, -0.1) is 0 Å². The molecule has 0 bridgehead atoms. The molecule has 0 N–H and O–H groups in total. The number of hydrogen-bond acceptors (Lipinski definition) is 2. The lowest BCUT2D eigenvalue weighted by Crippen LogP contribution is -2.58. The third-order valence-electron chi connectivity index (χ3n) is 4.15. The molecular weight excluding hydrogens is 222 g/mol. The summed E-state index contributed by atoms with van der Waals surface area (Å²) in [6.45, 7) is 12.4. The van der Waals surface area contributed by atoms with Crippen molar-refractivity contribution in [3.8, 4) is 0 Å². The molecule has 1 aliphatic heterocycles. The molecule has 0 spiro atoms. The van der Waals surface area contributed by atoms with Gasteiger partial charge in [-0.3, -0.25) is 4.84 Å². The van der Waals surface area contributed by atoms with E-state index in [1.165, 1.54) is 51.4 Å². The highest BCUT2D eigenvalue weighted by Crippen LogP contribution is 2.38. The highest BCUT2D eigenvalue weighted by molar-refractivity contribution is 4.92. The van der Waals surface area contributed by atoms with Gasteiger partial charge in [-0.05, 0) is 53.4 Å². The number of piperidine rings is 1. The Morgan fingerprint density at radius 2 is 1.44 bits per heavy atom. The van der Waals surface area contributed by atoms with E-state index in [0.717, 1.165) is 6.61 Å². The predicted octanol–water partition coefficient (Wildman–Crippen LogP) is 4.93. The number of rotatable bonds is 7. The zero-order valence-electron chi connectivity index (χ0n) is 13.2. The van der Waals surface area contributed by atoms with Crippen molar-refractivity contribution in [3.63, 3.8) is 0 Å². The molecule has 0 aromatic heterocycles. The van der Waals surface area contributed by atoms with Gasteiger partial charge in [-0.2, -0.15) is 5.06 Å². The molecule has 108 valence electrons. The number of nitrogens with zero attached hydrogens (tertiary/aromatic N) is 1. The van der Waals surface area contributed by atoms with Crippen LogP contribution in [0.4, 0.5) is 0 Å². The minimum Gasteiger partial charge on any atom is -0.298 e. The lowest BCUT2D eigenvalue weighted by Gasteiger charge is -2.51. The van der Waals surface area contributed by atoms with E-state index in [1.54, 1.807) is 0 Å². The van der Waals surface area contributed by atoms with Crippen LogP contribution in [0.1, 0.15) is 86.0 Å². The van der Waals surface area contributed by atoms with Crippen LogP contribution in [0.25, 0.3) is 0 Å². The van der Waals surface area contributed by atoms with Gasteiger partial charge >= 0.3 is 0 Å². The summed E-state index contributed by atoms with van der Waals surface area (Å²) < 4.78 is 0. The van der Waals surface area contributed by atoms with Crippen molar-refractivity contribution in [1.29, 1.82) is 0 Å². The Kier molecular flexibility index (Phi) is 6.13. The van der Waals surface area contributed by atoms with Gasteiger partial charge in [0.1, 0.15) is 0 Å². The van der Waals surface area contributed by atoms with Crippen LogP contribution in [-0.2, 0) is 4.84 Å². The van der Waals surface area contributed by atoms with Gasteiger partial charge in [0.25, 0.3) is 0 Å². The molecule has 2 heteroatoms. The second-order valence-electron chi connectivity index (χ2n) is 7.02. The maximum atomic E-state index is 6.13. The Hall–Kier alpha value is -0.0800. The first-order valence-electron chi connectivity index (χ1n) is 7.83. The molecule has 0 aliphatic carbocycles. The van der Waals surface area contributed by atoms with Crippen molar-refractivity contribution in [3.05, 3.63) is 0 Å². The van der Waals surface area contributed by atoms with Crippen LogP contribution in [0.15, 0.2) is 0 Å². The SMILES string of the molecule is CCCCCCCON1C(C)(C)CCCC1(C)C. The summed E-state index contributed by atoms with van der Waals surface area (Å²) in [5.41, 5.74) is 0.371. The van der Waals surface area contributed by atoms with Gasteiger partial charge < -0.3 is 0 Å². The molecule has 0 atom stereocenters. The second-order valence-corrected chi connectivity index (χ2v) is 7.02. The molecule has 0 aromatic carbocycles. The molecule has 1 rings (SSSR count). The number of hydrogen-bond donors (Lipinski definition) is 0. The topological polar surface area (TPSA) is 12.5 Å². The first-order chi connectivity index (χ1) is 8.40. The van der Waals surface area contributed by atoms with Crippen LogP contribution < -0.4 is 0 Å². The first-order valence-corrected chi connectivity index (χ1v) is 7.83. The smallest absolute Gasteiger partial charge is 0.0685 e. The lowest BCUT2D eigenvalue weighted by atomic mass is 9.82. The van der Waals surface area contributed by atoms with Crippen molar-refractivity contribution >= 4 is 0 Å². The van der Waals surface area contributed by atoms with E-state index in [0.29, 0.717) is 0 Å². The van der Waals surface area contributed by atoms with Crippen molar-refractivity contribution in [2.24, 2.45) is 0 Å². The molecule has 0 saturated carbocycles. The standard InChI is InChI=1S/C16H33NO/c1-6-7-8-9-10-14-18-17-15(2,3)12-11-13-16(17,4)5/h6-14H2,1-5H3. The van der Waals surface area contributed by atoms with Crippen LogP contribution >= 0.6 is 0 Å². The van der Waals surface area contributed by atoms with Gasteiger partial charge in [0.15, 0.2) is 0 Å². The van der Waals surface area contributed by atoms with Crippen LogP contribution in [0.3, 0.4) is 0 Å². The van der Waals surface area contributed by atoms with Gasteiger partial charge in [0, 0.05) is 11.1 Å². The van der Waals surface area contributed by atoms with E-state index in [4.69, 9.17) is 4.84 Å². The fraction of sp³-hybridized carbons (Fsp3) is 1.00. The Bertz CT molecular complexity index is 219. The summed E-state index contributed by atoms with van der Waals surface area (Å²) in [5, 5.41) is 2.28. The fourth-order valence-corrected chi connectivity index (χ4v) is 3.19. The molecule has 0 radical (unpaired) electrons. The lowest BCUT2D eigenvalue weighted by molar-refractivity contribution is -0.281. The average Bonchev–Trinajstić information content (AvgIpc) is 2.25. The quantitative estimate of drug-likeness (QED) is 0.598. The summed E-state index contributed by atoms with van der Waals surface area (Å²) >= 11 is 0. The molecule has 1 saturated heterocycles. The van der Waals surface area contributed by atoms with E-state index in [-0.39, 0.29) is 11.1 Å². The third-order valence-corrected chi connectivity index (χ3v) is 4.15. The summed E-state index contributed by atoms with van der Waals surface area (Å²) in [4.78, 5) is 6.13. The summed E-state index contributed by atoms with van der Waals surface area (Å²) in [6, 6.07) is 0. The summed E-state index contributed by atoms with van der Waals surface area (Å²) in [6.07, 6.45) is 10.3. The Labute approximate surface area is 114 Å². The van der Waals surface area contributed by atoms with Gasteiger partial charge in [-0.1, -0.05) is 32.6 Å². The van der Waals surface area contributed by atoms with Gasteiger partial charge in [0.05, 0.1) is 6.61 Å². The van der Waals surface area contributed by atoms with E-state index in [9.17, 15) is 0 Å². The Morgan fingerprint density at radius 1 is 0.889 bits per heavy atom. The van der Waals surface area contributed by atoms with E-state index in [2.05, 4.69) is 39.7 Å². The maximum Gasteiger partial charge on any atom is 0.0685 e. The molecular formula is C16H33NO. The Balaban J connectivity index is 2.33. The van der Waals surface area contributed by atoms with Crippen LogP contribution in [0, 0.1) is 0 Å². The third kappa shape index (κ3) is 4.55. The highest BCUT2D eigenvalue weighted by atomic mass is 16.7. The largest absolute Gasteiger partial charge is 0.298 e. The van der Waals surface area contributed by atoms with Crippen molar-refractivity contribution in [1.82, 2.24) is 5.06 Å². The van der Waals surface area contributed by atoms with Crippen molar-refractivity contribution < 1.29 is 4.84 Å². The molecule has 0 amide bonds. The van der Waals surface area contributed by atoms with Gasteiger partial charge in [-0.25, -0.2) is 0 Å². The molecule has 1 fully saturated rings. The van der Waals surface area contributed by atoms with E-state index in [1.807, 2.05) is 0 Å². The maximum absolute atomic E-state index is 6.13. The molecule has 0 aromatic rings. The second kappa shape index (κ2) is 6.91. The summed E-state index contributed by atoms with van der Waals surface area (Å²) in [5.74, 6) is 0. The molecule has 1 aliphatic rings. The predicted molar refractivity (Wildman–Crippen MR) is 78.6 cm³/mol. The van der Waals surface area contributed by atoms with Crippen LogP contribution in [0.5, 0.6) is 0 Å². The number of unbranched alkanes of at least 4 members (excludes halogenated alkanes) is 4. The highest BCUT2D eigenvalue weighted by Gasteiger charge is 2.42. The molecule has 1 heterocycles. The number of hydroxylamine groups is 2. The Morgan fingerprint density at radius 3 is 2.00 bits per heavy atom. The van der Waals surface area contributed by atoms with Crippen LogP contribution in [0.2, 0.25) is 0 Å². The van der Waals surface area contributed by atoms with E-state index >= 15 is 0 Å².